The van der Waals surface area contributed by atoms with Gasteiger partial charge >= 0.3 is 0 Å². The first-order valence-corrected chi connectivity index (χ1v) is 7.41. The van der Waals surface area contributed by atoms with E-state index < -0.39 is 0 Å². The third-order valence-electron chi connectivity index (χ3n) is 3.84. The highest BCUT2D eigenvalue weighted by Crippen LogP contribution is 2.36. The molecule has 0 aliphatic heterocycles. The molecule has 0 saturated heterocycles. The van der Waals surface area contributed by atoms with Crippen molar-refractivity contribution in [2.24, 2.45) is 5.73 Å². The smallest absolute Gasteiger partial charge is 0.0624 e. The lowest BCUT2D eigenvalue weighted by Crippen LogP contribution is -2.15. The quantitative estimate of drug-likeness (QED) is 0.762. The van der Waals surface area contributed by atoms with Crippen LogP contribution in [-0.2, 0) is 0 Å². The molecule has 3 aromatic rings. The van der Waals surface area contributed by atoms with Gasteiger partial charge in [0.1, 0.15) is 0 Å². The van der Waals surface area contributed by atoms with Gasteiger partial charge in [-0.2, -0.15) is 0 Å². The van der Waals surface area contributed by atoms with E-state index in [1.54, 1.807) is 0 Å². The molecule has 2 heteroatoms. The van der Waals surface area contributed by atoms with Crippen molar-refractivity contribution in [2.75, 3.05) is 6.61 Å². The Hall–Kier alpha value is -2.42. The zero-order chi connectivity index (χ0) is 15.4. The van der Waals surface area contributed by atoms with E-state index in [1.807, 2.05) is 48.5 Å². The number of rotatable bonds is 4. The van der Waals surface area contributed by atoms with Crippen LogP contribution < -0.4 is 5.73 Å². The third-order valence-corrected chi connectivity index (χ3v) is 3.84. The summed E-state index contributed by atoms with van der Waals surface area (Å²) in [5.74, 6) is 0. The highest BCUT2D eigenvalue weighted by atomic mass is 16.3. The van der Waals surface area contributed by atoms with Crippen molar-refractivity contribution in [2.45, 2.75) is 6.04 Å². The summed E-state index contributed by atoms with van der Waals surface area (Å²) in [6.07, 6.45) is 0. The van der Waals surface area contributed by atoms with Crippen LogP contribution in [0.4, 0.5) is 0 Å². The maximum absolute atomic E-state index is 9.50. The van der Waals surface area contributed by atoms with E-state index in [9.17, 15) is 5.11 Å². The van der Waals surface area contributed by atoms with Crippen LogP contribution in [0.15, 0.2) is 78.9 Å². The third kappa shape index (κ3) is 2.80. The van der Waals surface area contributed by atoms with E-state index in [4.69, 9.17) is 5.73 Å². The van der Waals surface area contributed by atoms with Crippen LogP contribution in [0.25, 0.3) is 22.3 Å². The van der Waals surface area contributed by atoms with Gasteiger partial charge in [0.15, 0.2) is 0 Å². The summed E-state index contributed by atoms with van der Waals surface area (Å²) < 4.78 is 0. The zero-order valence-electron chi connectivity index (χ0n) is 12.3. The molecule has 0 spiro atoms. The summed E-state index contributed by atoms with van der Waals surface area (Å²) in [5, 5.41) is 9.50. The average Bonchev–Trinajstić information content (AvgIpc) is 2.62. The Labute approximate surface area is 130 Å². The van der Waals surface area contributed by atoms with Gasteiger partial charge < -0.3 is 10.8 Å². The lowest BCUT2D eigenvalue weighted by Gasteiger charge is -2.19. The molecular weight excluding hydrogens is 270 g/mol. The van der Waals surface area contributed by atoms with Gasteiger partial charge in [-0.3, -0.25) is 0 Å². The van der Waals surface area contributed by atoms with E-state index >= 15 is 0 Å². The number of aliphatic hydroxyl groups excluding tert-OH is 1. The first kappa shape index (κ1) is 14.5. The topological polar surface area (TPSA) is 46.2 Å². The Morgan fingerprint density at radius 3 is 1.91 bits per heavy atom. The molecule has 0 fully saturated rings. The minimum absolute atomic E-state index is 0.0714. The summed E-state index contributed by atoms with van der Waals surface area (Å²) >= 11 is 0. The molecule has 22 heavy (non-hydrogen) atoms. The van der Waals surface area contributed by atoms with Gasteiger partial charge in [0.2, 0.25) is 0 Å². The van der Waals surface area contributed by atoms with Gasteiger partial charge in [-0.05, 0) is 27.8 Å². The number of aliphatic hydroxyl groups is 1. The monoisotopic (exact) mass is 289 g/mol. The molecule has 0 heterocycles. The molecule has 1 unspecified atom stereocenters. The molecule has 3 rings (SSSR count). The van der Waals surface area contributed by atoms with Gasteiger partial charge in [0.05, 0.1) is 12.6 Å². The summed E-state index contributed by atoms with van der Waals surface area (Å²) in [5.41, 5.74) is 11.6. The fourth-order valence-electron chi connectivity index (χ4n) is 2.76. The first-order valence-electron chi connectivity index (χ1n) is 7.41. The predicted octanol–water partition coefficient (Wildman–Crippen LogP) is 4.01. The molecule has 1 atom stereocenters. The van der Waals surface area contributed by atoms with Crippen LogP contribution in [-0.4, -0.2) is 11.7 Å². The molecular formula is C20H19NO. The van der Waals surface area contributed by atoms with Crippen molar-refractivity contribution < 1.29 is 5.11 Å². The molecule has 0 saturated carbocycles. The van der Waals surface area contributed by atoms with E-state index in [0.717, 1.165) is 27.8 Å². The van der Waals surface area contributed by atoms with Crippen molar-refractivity contribution in [1.82, 2.24) is 0 Å². The van der Waals surface area contributed by atoms with Crippen LogP contribution in [0.2, 0.25) is 0 Å². The fraction of sp³-hybridized carbons (Fsp3) is 0.100. The Bertz CT molecular complexity index is 738. The van der Waals surface area contributed by atoms with Crippen LogP contribution in [0.3, 0.4) is 0 Å². The molecule has 0 amide bonds. The molecule has 3 aromatic carbocycles. The second-order valence-corrected chi connectivity index (χ2v) is 5.29. The lowest BCUT2D eigenvalue weighted by molar-refractivity contribution is 0.268. The van der Waals surface area contributed by atoms with E-state index in [0.29, 0.717) is 0 Å². The number of nitrogens with two attached hydrogens (primary N) is 1. The molecule has 0 aliphatic carbocycles. The van der Waals surface area contributed by atoms with Gasteiger partial charge in [-0.25, -0.2) is 0 Å². The molecule has 0 bridgehead atoms. The van der Waals surface area contributed by atoms with Crippen molar-refractivity contribution in [3.8, 4) is 22.3 Å². The molecule has 3 N–H and O–H groups in total. The summed E-state index contributed by atoms with van der Waals surface area (Å²) in [6, 6.07) is 26.2. The lowest BCUT2D eigenvalue weighted by atomic mass is 9.88. The van der Waals surface area contributed by atoms with Crippen molar-refractivity contribution >= 4 is 0 Å². The van der Waals surface area contributed by atoms with Crippen LogP contribution in [0, 0.1) is 0 Å². The Kier molecular flexibility index (Phi) is 4.33. The van der Waals surface area contributed by atoms with Crippen LogP contribution in [0.1, 0.15) is 11.6 Å². The summed E-state index contributed by atoms with van der Waals surface area (Å²) in [7, 11) is 0. The molecule has 0 aromatic heterocycles. The van der Waals surface area contributed by atoms with Crippen LogP contribution >= 0.6 is 0 Å². The van der Waals surface area contributed by atoms with E-state index in [2.05, 4.69) is 30.3 Å². The van der Waals surface area contributed by atoms with Crippen molar-refractivity contribution in [3.05, 3.63) is 84.4 Å². The second-order valence-electron chi connectivity index (χ2n) is 5.29. The number of hydrogen-bond donors (Lipinski definition) is 2. The van der Waals surface area contributed by atoms with Crippen molar-refractivity contribution in [1.29, 1.82) is 0 Å². The second kappa shape index (κ2) is 6.56. The van der Waals surface area contributed by atoms with Crippen LogP contribution in [0.5, 0.6) is 0 Å². The number of benzene rings is 3. The summed E-state index contributed by atoms with van der Waals surface area (Å²) in [4.78, 5) is 0. The zero-order valence-corrected chi connectivity index (χ0v) is 12.3. The maximum atomic E-state index is 9.50. The minimum atomic E-state index is -0.390. The molecule has 0 aliphatic rings. The fourth-order valence-corrected chi connectivity index (χ4v) is 2.76. The minimum Gasteiger partial charge on any atom is -0.394 e. The molecule has 0 radical (unpaired) electrons. The van der Waals surface area contributed by atoms with Gasteiger partial charge in [-0.15, -0.1) is 0 Å². The van der Waals surface area contributed by atoms with E-state index in [-0.39, 0.29) is 12.6 Å². The Morgan fingerprint density at radius 1 is 0.727 bits per heavy atom. The van der Waals surface area contributed by atoms with Crippen molar-refractivity contribution in [3.63, 3.8) is 0 Å². The van der Waals surface area contributed by atoms with Gasteiger partial charge in [0, 0.05) is 0 Å². The SMILES string of the molecule is NC(CO)c1cccc(-c2ccccc2)c1-c1ccccc1. The van der Waals surface area contributed by atoms with E-state index in [1.165, 1.54) is 0 Å². The molecule has 110 valence electrons. The predicted molar refractivity (Wildman–Crippen MR) is 91.3 cm³/mol. The largest absolute Gasteiger partial charge is 0.394 e. The number of hydrogen-bond acceptors (Lipinski definition) is 2. The Balaban J connectivity index is 2.27. The standard InChI is InChI=1S/C20H19NO/c21-19(14-22)18-13-7-12-17(15-8-3-1-4-9-15)20(18)16-10-5-2-6-11-16/h1-13,19,22H,14,21H2. The van der Waals surface area contributed by atoms with Gasteiger partial charge in [0.25, 0.3) is 0 Å². The first-order chi connectivity index (χ1) is 10.8. The summed E-state index contributed by atoms with van der Waals surface area (Å²) in [6.45, 7) is -0.0714. The normalized spacial score (nSPS) is 12.1. The Morgan fingerprint density at radius 2 is 1.32 bits per heavy atom. The molecule has 2 nitrogen and oxygen atoms in total. The highest BCUT2D eigenvalue weighted by Gasteiger charge is 2.16. The highest BCUT2D eigenvalue weighted by molar-refractivity contribution is 5.86. The van der Waals surface area contributed by atoms with Gasteiger partial charge in [-0.1, -0.05) is 78.9 Å². The average molecular weight is 289 g/mol. The maximum Gasteiger partial charge on any atom is 0.0624 e.